The Hall–Kier alpha value is -0.530. The van der Waals surface area contributed by atoms with Crippen LogP contribution in [0.1, 0.15) is 58.8 Å². The van der Waals surface area contributed by atoms with E-state index in [0.717, 1.165) is 18.8 Å². The largest absolute Gasteiger partial charge is 0.481 e. The van der Waals surface area contributed by atoms with E-state index in [1.165, 1.54) is 25.7 Å². The number of aliphatic carboxylic acids is 1. The van der Waals surface area contributed by atoms with Gasteiger partial charge in [-0.15, -0.1) is 0 Å². The van der Waals surface area contributed by atoms with Crippen molar-refractivity contribution in [2.45, 2.75) is 58.8 Å². The monoisotopic (exact) mass is 186 g/mol. The highest BCUT2D eigenvalue weighted by atomic mass is 16.4. The van der Waals surface area contributed by atoms with Gasteiger partial charge in [0.1, 0.15) is 0 Å². The fraction of sp³-hybridized carbons (Fsp3) is 0.909. The number of carboxylic acid groups (broad SMARTS) is 1. The van der Waals surface area contributed by atoms with E-state index in [1.807, 2.05) is 0 Å². The summed E-state index contributed by atoms with van der Waals surface area (Å²) in [4.78, 5) is 10.2. The first-order valence-corrected chi connectivity index (χ1v) is 5.38. The summed E-state index contributed by atoms with van der Waals surface area (Å²) in [7, 11) is 0. The van der Waals surface area contributed by atoms with Gasteiger partial charge in [-0.1, -0.05) is 46.0 Å². The first-order valence-electron chi connectivity index (χ1n) is 5.38. The maximum absolute atomic E-state index is 10.2. The maximum Gasteiger partial charge on any atom is 0.303 e. The van der Waals surface area contributed by atoms with Crippen LogP contribution in [-0.2, 0) is 4.79 Å². The van der Waals surface area contributed by atoms with Gasteiger partial charge in [-0.3, -0.25) is 4.79 Å². The molecule has 0 aromatic heterocycles. The summed E-state index contributed by atoms with van der Waals surface area (Å²) in [6, 6.07) is 0. The molecule has 2 heteroatoms. The molecule has 0 fully saturated rings. The lowest BCUT2D eigenvalue weighted by molar-refractivity contribution is -0.137. The Morgan fingerprint density at radius 1 is 1.23 bits per heavy atom. The maximum atomic E-state index is 10.2. The van der Waals surface area contributed by atoms with Crippen LogP contribution in [0, 0.1) is 5.92 Å². The van der Waals surface area contributed by atoms with E-state index in [0.29, 0.717) is 6.42 Å². The van der Waals surface area contributed by atoms with Crippen LogP contribution in [-0.4, -0.2) is 11.1 Å². The molecule has 0 aliphatic rings. The van der Waals surface area contributed by atoms with Crippen LogP contribution in [0.3, 0.4) is 0 Å². The van der Waals surface area contributed by atoms with Crippen molar-refractivity contribution in [1.29, 1.82) is 0 Å². The predicted octanol–water partition coefficient (Wildman–Crippen LogP) is 3.46. The molecule has 0 aliphatic carbocycles. The molecule has 0 aromatic rings. The van der Waals surface area contributed by atoms with Gasteiger partial charge in [-0.25, -0.2) is 0 Å². The molecule has 0 radical (unpaired) electrons. The van der Waals surface area contributed by atoms with Crippen molar-refractivity contribution in [1.82, 2.24) is 0 Å². The molecule has 13 heavy (non-hydrogen) atoms. The quantitative estimate of drug-likeness (QED) is 0.589. The minimum absolute atomic E-state index is 0.335. The molecule has 78 valence electrons. The molecule has 1 N–H and O–H groups in total. The van der Waals surface area contributed by atoms with Gasteiger partial charge in [0, 0.05) is 6.42 Å². The van der Waals surface area contributed by atoms with E-state index in [9.17, 15) is 4.79 Å². The topological polar surface area (TPSA) is 37.3 Å². The molecule has 0 saturated carbocycles. The fourth-order valence-electron chi connectivity index (χ4n) is 1.58. The average Bonchev–Trinajstić information content (AvgIpc) is 2.03. The molecule has 0 saturated heterocycles. The molecule has 0 amide bonds. The van der Waals surface area contributed by atoms with E-state index >= 15 is 0 Å². The smallest absolute Gasteiger partial charge is 0.303 e. The van der Waals surface area contributed by atoms with Crippen molar-refractivity contribution in [2.24, 2.45) is 5.92 Å². The van der Waals surface area contributed by atoms with Gasteiger partial charge in [-0.05, 0) is 12.3 Å². The van der Waals surface area contributed by atoms with Crippen molar-refractivity contribution in [3.05, 3.63) is 0 Å². The van der Waals surface area contributed by atoms with Crippen molar-refractivity contribution in [3.8, 4) is 0 Å². The number of carboxylic acids is 1. The summed E-state index contributed by atoms with van der Waals surface area (Å²) in [6.45, 7) is 4.49. The van der Waals surface area contributed by atoms with E-state index < -0.39 is 5.97 Å². The molecule has 0 rings (SSSR count). The standard InChI is InChI=1S/C11H22O2/c1-3-7-10(2)8-5-4-6-9-11(12)13/h10H,3-9H2,1-2H3,(H,12,13)/t10-/m0/s1. The molecule has 0 unspecified atom stereocenters. The van der Waals surface area contributed by atoms with Gasteiger partial charge in [-0.2, -0.15) is 0 Å². The normalized spacial score (nSPS) is 12.8. The Morgan fingerprint density at radius 2 is 1.92 bits per heavy atom. The molecular formula is C11H22O2. The first-order chi connectivity index (χ1) is 6.16. The predicted molar refractivity (Wildman–Crippen MR) is 54.8 cm³/mol. The van der Waals surface area contributed by atoms with Crippen LogP contribution in [0.15, 0.2) is 0 Å². The molecule has 0 aromatic carbocycles. The lowest BCUT2D eigenvalue weighted by Crippen LogP contribution is -1.96. The Bertz CT molecular complexity index is 132. The zero-order valence-electron chi connectivity index (χ0n) is 8.88. The van der Waals surface area contributed by atoms with E-state index in [2.05, 4.69) is 13.8 Å². The third kappa shape index (κ3) is 9.38. The van der Waals surface area contributed by atoms with Gasteiger partial charge in [0.25, 0.3) is 0 Å². The summed E-state index contributed by atoms with van der Waals surface area (Å²) < 4.78 is 0. The van der Waals surface area contributed by atoms with Crippen LogP contribution in [0.4, 0.5) is 0 Å². The Balaban J connectivity index is 3.11. The minimum Gasteiger partial charge on any atom is -0.481 e. The molecule has 0 spiro atoms. The van der Waals surface area contributed by atoms with Crippen LogP contribution in [0.2, 0.25) is 0 Å². The van der Waals surface area contributed by atoms with Gasteiger partial charge in [0.15, 0.2) is 0 Å². The highest BCUT2D eigenvalue weighted by Gasteiger charge is 2.01. The van der Waals surface area contributed by atoms with Crippen molar-refractivity contribution >= 4 is 5.97 Å². The van der Waals surface area contributed by atoms with Gasteiger partial charge >= 0.3 is 5.97 Å². The summed E-state index contributed by atoms with van der Waals surface area (Å²) in [5, 5.41) is 8.41. The molecule has 0 aliphatic heterocycles. The van der Waals surface area contributed by atoms with Gasteiger partial charge < -0.3 is 5.11 Å². The van der Waals surface area contributed by atoms with Crippen molar-refractivity contribution in [3.63, 3.8) is 0 Å². The van der Waals surface area contributed by atoms with Crippen LogP contribution >= 0.6 is 0 Å². The number of hydrogen-bond acceptors (Lipinski definition) is 1. The van der Waals surface area contributed by atoms with E-state index in [4.69, 9.17) is 5.11 Å². The number of hydrogen-bond donors (Lipinski definition) is 1. The zero-order chi connectivity index (χ0) is 10.1. The van der Waals surface area contributed by atoms with Crippen LogP contribution < -0.4 is 0 Å². The second kappa shape index (κ2) is 8.09. The molecule has 1 atom stereocenters. The summed E-state index contributed by atoms with van der Waals surface area (Å²) in [5.74, 6) is 0.149. The summed E-state index contributed by atoms with van der Waals surface area (Å²) in [5.41, 5.74) is 0. The first kappa shape index (κ1) is 12.5. The number of carbonyl (C=O) groups is 1. The van der Waals surface area contributed by atoms with Crippen LogP contribution in [0.25, 0.3) is 0 Å². The number of rotatable bonds is 8. The highest BCUT2D eigenvalue weighted by molar-refractivity contribution is 5.66. The van der Waals surface area contributed by atoms with E-state index in [1.54, 1.807) is 0 Å². The van der Waals surface area contributed by atoms with E-state index in [-0.39, 0.29) is 0 Å². The van der Waals surface area contributed by atoms with Crippen molar-refractivity contribution in [2.75, 3.05) is 0 Å². The highest BCUT2D eigenvalue weighted by Crippen LogP contribution is 2.14. The second-order valence-electron chi connectivity index (χ2n) is 3.89. The SMILES string of the molecule is CCC[C@H](C)CCCCCC(=O)O. The lowest BCUT2D eigenvalue weighted by Gasteiger charge is -2.08. The summed E-state index contributed by atoms with van der Waals surface area (Å²) in [6.07, 6.45) is 7.26. The Kier molecular flexibility index (Phi) is 7.76. The Morgan fingerprint density at radius 3 is 2.46 bits per heavy atom. The zero-order valence-corrected chi connectivity index (χ0v) is 8.88. The minimum atomic E-state index is -0.665. The molecule has 2 nitrogen and oxygen atoms in total. The third-order valence-electron chi connectivity index (χ3n) is 2.37. The van der Waals surface area contributed by atoms with Crippen molar-refractivity contribution < 1.29 is 9.90 Å². The molecule has 0 heterocycles. The second-order valence-corrected chi connectivity index (χ2v) is 3.89. The molecular weight excluding hydrogens is 164 g/mol. The van der Waals surface area contributed by atoms with Crippen LogP contribution in [0.5, 0.6) is 0 Å². The molecule has 0 bridgehead atoms. The average molecular weight is 186 g/mol. The summed E-state index contributed by atoms with van der Waals surface area (Å²) >= 11 is 0. The lowest BCUT2D eigenvalue weighted by atomic mass is 9.98. The van der Waals surface area contributed by atoms with Gasteiger partial charge in [0.2, 0.25) is 0 Å². The fourth-order valence-corrected chi connectivity index (χ4v) is 1.58. The Labute approximate surface area is 81.3 Å². The third-order valence-corrected chi connectivity index (χ3v) is 2.37. The number of unbranched alkanes of at least 4 members (excludes halogenated alkanes) is 2. The van der Waals surface area contributed by atoms with Gasteiger partial charge in [0.05, 0.1) is 0 Å².